The van der Waals surface area contributed by atoms with E-state index in [0.717, 1.165) is 43.5 Å². The Morgan fingerprint density at radius 2 is 2.35 bits per heavy atom. The number of piperidine rings is 1. The monoisotopic (exact) mass is 292 g/mol. The Kier molecular flexibility index (Phi) is 5.59. The Morgan fingerprint density at radius 3 is 3.00 bits per heavy atom. The van der Waals surface area contributed by atoms with E-state index in [0.29, 0.717) is 5.11 Å². The van der Waals surface area contributed by atoms with Crippen molar-refractivity contribution in [3.63, 3.8) is 0 Å². The minimum atomic E-state index is 0.660. The fourth-order valence-corrected chi connectivity index (χ4v) is 2.68. The zero-order valence-electron chi connectivity index (χ0n) is 12.4. The molecule has 2 heterocycles. The number of hydrogen-bond acceptors (Lipinski definition) is 3. The number of rotatable bonds is 4. The van der Waals surface area contributed by atoms with Crippen LogP contribution in [0.1, 0.15) is 33.1 Å². The average Bonchev–Trinajstić information content (AvgIpc) is 2.46. The zero-order chi connectivity index (χ0) is 14.4. The van der Waals surface area contributed by atoms with E-state index in [-0.39, 0.29) is 0 Å². The number of nitrogens with one attached hydrogen (secondary N) is 2. The van der Waals surface area contributed by atoms with Crippen LogP contribution in [0.4, 0.5) is 11.5 Å². The molecule has 0 saturated carbocycles. The number of hydrogen-bond donors (Lipinski definition) is 2. The van der Waals surface area contributed by atoms with Gasteiger partial charge >= 0.3 is 0 Å². The molecule has 5 heteroatoms. The number of aromatic nitrogens is 1. The van der Waals surface area contributed by atoms with E-state index in [1.54, 1.807) is 0 Å². The third kappa shape index (κ3) is 4.34. The summed E-state index contributed by atoms with van der Waals surface area (Å²) in [6.07, 6.45) is 5.50. The third-order valence-electron chi connectivity index (χ3n) is 3.52. The Bertz CT molecular complexity index is 432. The van der Waals surface area contributed by atoms with E-state index in [1.165, 1.54) is 12.8 Å². The van der Waals surface area contributed by atoms with Gasteiger partial charge in [0.1, 0.15) is 5.82 Å². The first-order valence-corrected chi connectivity index (χ1v) is 7.85. The molecule has 0 spiro atoms. The van der Waals surface area contributed by atoms with Crippen molar-refractivity contribution in [3.05, 3.63) is 18.3 Å². The van der Waals surface area contributed by atoms with Crippen molar-refractivity contribution in [3.8, 4) is 0 Å². The first-order valence-electron chi connectivity index (χ1n) is 7.45. The fraction of sp³-hybridized carbons (Fsp3) is 0.600. The summed E-state index contributed by atoms with van der Waals surface area (Å²) >= 11 is 5.21. The predicted molar refractivity (Wildman–Crippen MR) is 89.4 cm³/mol. The van der Waals surface area contributed by atoms with E-state index in [1.807, 2.05) is 12.3 Å². The van der Waals surface area contributed by atoms with Gasteiger partial charge in [-0.2, -0.15) is 0 Å². The minimum Gasteiger partial charge on any atom is -0.362 e. The topological polar surface area (TPSA) is 40.2 Å². The van der Waals surface area contributed by atoms with Crippen molar-refractivity contribution in [2.45, 2.75) is 33.1 Å². The highest BCUT2D eigenvalue weighted by Gasteiger charge is 2.17. The Hall–Kier alpha value is -1.36. The molecule has 1 fully saturated rings. The van der Waals surface area contributed by atoms with Gasteiger partial charge in [-0.05, 0) is 49.5 Å². The molecule has 0 aliphatic carbocycles. The summed E-state index contributed by atoms with van der Waals surface area (Å²) in [4.78, 5) is 6.91. The summed E-state index contributed by atoms with van der Waals surface area (Å²) in [5.74, 6) is 1.82. The molecule has 1 atom stereocenters. The molecule has 2 rings (SSSR count). The van der Waals surface area contributed by atoms with Gasteiger partial charge in [0.15, 0.2) is 5.11 Å². The number of anilines is 2. The average molecular weight is 292 g/mol. The Morgan fingerprint density at radius 1 is 1.50 bits per heavy atom. The van der Waals surface area contributed by atoms with E-state index in [2.05, 4.69) is 40.4 Å². The van der Waals surface area contributed by atoms with Crippen molar-refractivity contribution < 1.29 is 0 Å². The molecule has 110 valence electrons. The second-order valence-electron chi connectivity index (χ2n) is 5.48. The van der Waals surface area contributed by atoms with Crippen molar-refractivity contribution in [2.75, 3.05) is 29.9 Å². The molecule has 0 bridgehead atoms. The van der Waals surface area contributed by atoms with Crippen LogP contribution in [-0.2, 0) is 0 Å². The van der Waals surface area contributed by atoms with E-state index in [4.69, 9.17) is 12.2 Å². The fourth-order valence-electron chi connectivity index (χ4n) is 2.46. The maximum Gasteiger partial charge on any atom is 0.170 e. The molecule has 20 heavy (non-hydrogen) atoms. The molecular formula is C15H24N4S. The van der Waals surface area contributed by atoms with Gasteiger partial charge in [-0.15, -0.1) is 0 Å². The lowest BCUT2D eigenvalue weighted by molar-refractivity contribution is 0.444. The second kappa shape index (κ2) is 7.43. The lowest BCUT2D eigenvalue weighted by Crippen LogP contribution is -2.34. The molecular weight excluding hydrogens is 268 g/mol. The van der Waals surface area contributed by atoms with Gasteiger partial charge in [-0.3, -0.25) is 0 Å². The summed E-state index contributed by atoms with van der Waals surface area (Å²) in [7, 11) is 0. The largest absolute Gasteiger partial charge is 0.362 e. The number of nitrogens with zero attached hydrogens (tertiary/aromatic N) is 2. The van der Waals surface area contributed by atoms with Gasteiger partial charge in [-0.1, -0.05) is 13.8 Å². The SMILES string of the molecule is CCCNC(=S)Nc1ccc(N2CCC[C@H](C)C2)nc1. The molecule has 4 nitrogen and oxygen atoms in total. The van der Waals surface area contributed by atoms with Crippen LogP contribution >= 0.6 is 12.2 Å². The van der Waals surface area contributed by atoms with Crippen LogP contribution in [0.25, 0.3) is 0 Å². The van der Waals surface area contributed by atoms with E-state index < -0.39 is 0 Å². The lowest BCUT2D eigenvalue weighted by Gasteiger charge is -2.31. The van der Waals surface area contributed by atoms with Gasteiger partial charge in [0, 0.05) is 19.6 Å². The maximum absolute atomic E-state index is 5.21. The van der Waals surface area contributed by atoms with Crippen molar-refractivity contribution in [1.29, 1.82) is 0 Å². The summed E-state index contributed by atoms with van der Waals surface area (Å²) in [5.41, 5.74) is 0.937. The van der Waals surface area contributed by atoms with Crippen molar-refractivity contribution in [2.24, 2.45) is 5.92 Å². The van der Waals surface area contributed by atoms with Gasteiger partial charge in [-0.25, -0.2) is 4.98 Å². The van der Waals surface area contributed by atoms with Crippen LogP contribution in [0, 0.1) is 5.92 Å². The summed E-state index contributed by atoms with van der Waals surface area (Å²) in [6, 6.07) is 4.12. The van der Waals surface area contributed by atoms with Crippen LogP contribution < -0.4 is 15.5 Å². The highest BCUT2D eigenvalue weighted by Crippen LogP contribution is 2.21. The van der Waals surface area contributed by atoms with Gasteiger partial charge in [0.2, 0.25) is 0 Å². The lowest BCUT2D eigenvalue weighted by atomic mass is 10.0. The molecule has 0 unspecified atom stereocenters. The summed E-state index contributed by atoms with van der Waals surface area (Å²) < 4.78 is 0. The van der Waals surface area contributed by atoms with Crippen LogP contribution in [-0.4, -0.2) is 29.7 Å². The first-order chi connectivity index (χ1) is 9.69. The standard InChI is InChI=1S/C15H24N4S/c1-3-8-16-15(20)18-13-6-7-14(17-10-13)19-9-4-5-12(2)11-19/h6-7,10,12H,3-5,8-9,11H2,1-2H3,(H2,16,18,20)/t12-/m0/s1. The zero-order valence-corrected chi connectivity index (χ0v) is 13.2. The molecule has 2 N–H and O–H groups in total. The maximum atomic E-state index is 5.21. The summed E-state index contributed by atoms with van der Waals surface area (Å²) in [5, 5.41) is 6.96. The predicted octanol–water partition coefficient (Wildman–Crippen LogP) is 3.01. The normalized spacial score (nSPS) is 18.7. The van der Waals surface area contributed by atoms with Gasteiger partial charge in [0.25, 0.3) is 0 Å². The molecule has 0 amide bonds. The van der Waals surface area contributed by atoms with E-state index in [9.17, 15) is 0 Å². The van der Waals surface area contributed by atoms with E-state index >= 15 is 0 Å². The number of pyridine rings is 1. The molecule has 0 radical (unpaired) electrons. The molecule has 0 aromatic carbocycles. The van der Waals surface area contributed by atoms with Crippen molar-refractivity contribution >= 4 is 28.8 Å². The Labute approximate surface area is 127 Å². The van der Waals surface area contributed by atoms with Crippen LogP contribution in [0.2, 0.25) is 0 Å². The summed E-state index contributed by atoms with van der Waals surface area (Å²) in [6.45, 7) is 7.53. The Balaban J connectivity index is 1.90. The minimum absolute atomic E-state index is 0.660. The highest BCUT2D eigenvalue weighted by atomic mass is 32.1. The van der Waals surface area contributed by atoms with Gasteiger partial charge < -0.3 is 15.5 Å². The van der Waals surface area contributed by atoms with Crippen LogP contribution in [0.3, 0.4) is 0 Å². The molecule has 1 saturated heterocycles. The third-order valence-corrected chi connectivity index (χ3v) is 3.77. The molecule has 1 aromatic heterocycles. The highest BCUT2D eigenvalue weighted by molar-refractivity contribution is 7.80. The smallest absolute Gasteiger partial charge is 0.170 e. The quantitative estimate of drug-likeness (QED) is 0.835. The van der Waals surface area contributed by atoms with Crippen LogP contribution in [0.5, 0.6) is 0 Å². The van der Waals surface area contributed by atoms with Crippen molar-refractivity contribution in [1.82, 2.24) is 10.3 Å². The second-order valence-corrected chi connectivity index (χ2v) is 5.89. The molecule has 1 aliphatic rings. The van der Waals surface area contributed by atoms with Crippen LogP contribution in [0.15, 0.2) is 18.3 Å². The number of thiocarbonyl (C=S) groups is 1. The first kappa shape index (κ1) is 15.0. The molecule has 1 aliphatic heterocycles. The van der Waals surface area contributed by atoms with Gasteiger partial charge in [0.05, 0.1) is 11.9 Å². The molecule has 1 aromatic rings.